The van der Waals surface area contributed by atoms with E-state index in [2.05, 4.69) is 4.98 Å². The average Bonchev–Trinajstić information content (AvgIpc) is 2.95. The number of ketones is 1. The monoisotopic (exact) mass is 338 g/mol. The summed E-state index contributed by atoms with van der Waals surface area (Å²) < 4.78 is 5.05. The van der Waals surface area contributed by atoms with Crippen LogP contribution in [0.4, 0.5) is 5.69 Å². The number of nitrogens with one attached hydrogen (secondary N) is 1. The first kappa shape index (κ1) is 16.4. The van der Waals surface area contributed by atoms with Gasteiger partial charge in [0.2, 0.25) is 5.78 Å². The first-order valence-corrected chi connectivity index (χ1v) is 7.49. The molecule has 0 saturated heterocycles. The van der Waals surface area contributed by atoms with Gasteiger partial charge < -0.3 is 9.72 Å². The molecule has 0 aliphatic rings. The van der Waals surface area contributed by atoms with Gasteiger partial charge in [0.05, 0.1) is 10.5 Å². The molecule has 0 saturated carbocycles. The highest BCUT2D eigenvalue weighted by atomic mass is 16.6. The largest absolute Gasteiger partial charge is 0.454 e. The van der Waals surface area contributed by atoms with E-state index in [1.807, 2.05) is 24.3 Å². The minimum Gasteiger partial charge on any atom is -0.454 e. The Kier molecular flexibility index (Phi) is 4.30. The van der Waals surface area contributed by atoms with Crippen LogP contribution in [0.5, 0.6) is 0 Å². The molecule has 3 rings (SSSR count). The van der Waals surface area contributed by atoms with Crippen LogP contribution in [-0.2, 0) is 4.74 Å². The Morgan fingerprint density at radius 1 is 1.12 bits per heavy atom. The number of carbonyl (C=O) groups is 2. The zero-order valence-corrected chi connectivity index (χ0v) is 13.3. The number of nitrogens with zero attached hydrogens (tertiary/aromatic N) is 1. The van der Waals surface area contributed by atoms with Crippen molar-refractivity contribution in [2.45, 2.75) is 6.92 Å². The van der Waals surface area contributed by atoms with Crippen LogP contribution in [-0.4, -0.2) is 28.3 Å². The van der Waals surface area contributed by atoms with Gasteiger partial charge in [-0.3, -0.25) is 14.9 Å². The third kappa shape index (κ3) is 3.25. The van der Waals surface area contributed by atoms with Crippen LogP contribution in [0.15, 0.2) is 48.5 Å². The Morgan fingerprint density at radius 3 is 2.48 bits per heavy atom. The SMILES string of the molecule is Cc1[nH]c2ccccc2c1C(=O)COC(=O)c1ccc([N+](=O)[O-])cc1. The second-order valence-corrected chi connectivity index (χ2v) is 5.47. The number of esters is 1. The molecule has 25 heavy (non-hydrogen) atoms. The van der Waals surface area contributed by atoms with Crippen molar-refractivity contribution in [1.82, 2.24) is 4.98 Å². The van der Waals surface area contributed by atoms with Crippen molar-refractivity contribution in [3.05, 3.63) is 75.5 Å². The number of nitro groups is 1. The van der Waals surface area contributed by atoms with Gasteiger partial charge in [0.25, 0.3) is 5.69 Å². The standard InChI is InChI=1S/C18H14N2O5/c1-11-17(14-4-2-3-5-15(14)19-11)16(21)10-25-18(22)12-6-8-13(9-7-12)20(23)24/h2-9,19H,10H2,1H3. The van der Waals surface area contributed by atoms with Crippen molar-refractivity contribution in [3.8, 4) is 0 Å². The van der Waals surface area contributed by atoms with Gasteiger partial charge in [-0.15, -0.1) is 0 Å². The van der Waals surface area contributed by atoms with E-state index in [0.29, 0.717) is 11.3 Å². The fourth-order valence-corrected chi connectivity index (χ4v) is 2.64. The number of Topliss-reactive ketones (excluding diaryl/α,β-unsaturated/α-hetero) is 1. The Hall–Kier alpha value is -3.48. The molecule has 0 bridgehead atoms. The number of benzene rings is 2. The van der Waals surface area contributed by atoms with Crippen molar-refractivity contribution >= 4 is 28.3 Å². The van der Waals surface area contributed by atoms with Crippen molar-refractivity contribution < 1.29 is 19.2 Å². The molecule has 0 aliphatic carbocycles. The van der Waals surface area contributed by atoms with E-state index in [4.69, 9.17) is 4.74 Å². The molecule has 0 radical (unpaired) electrons. The number of fused-ring (bicyclic) bond motifs is 1. The number of H-pyrrole nitrogens is 1. The van der Waals surface area contributed by atoms with Crippen LogP contribution < -0.4 is 0 Å². The van der Waals surface area contributed by atoms with Gasteiger partial charge in [-0.2, -0.15) is 0 Å². The number of aryl methyl sites for hydroxylation is 1. The maximum Gasteiger partial charge on any atom is 0.338 e. The topological polar surface area (TPSA) is 102 Å². The van der Waals surface area contributed by atoms with Gasteiger partial charge in [-0.25, -0.2) is 4.79 Å². The number of hydrogen-bond acceptors (Lipinski definition) is 5. The molecule has 7 nitrogen and oxygen atoms in total. The average molecular weight is 338 g/mol. The molecule has 0 aliphatic heterocycles. The number of aromatic nitrogens is 1. The number of aromatic amines is 1. The molecule has 0 spiro atoms. The van der Waals surface area contributed by atoms with Gasteiger partial charge in [-0.05, 0) is 25.1 Å². The first-order valence-electron chi connectivity index (χ1n) is 7.49. The smallest absolute Gasteiger partial charge is 0.338 e. The molecule has 7 heteroatoms. The molecule has 1 aromatic heterocycles. The number of hydrogen-bond donors (Lipinski definition) is 1. The second kappa shape index (κ2) is 6.56. The maximum absolute atomic E-state index is 12.4. The predicted octanol–water partition coefficient (Wildman–Crippen LogP) is 3.42. The summed E-state index contributed by atoms with van der Waals surface area (Å²) in [5.74, 6) is -1.02. The van der Waals surface area contributed by atoms with Gasteiger partial charge >= 0.3 is 5.97 Å². The van der Waals surface area contributed by atoms with E-state index in [9.17, 15) is 19.7 Å². The van der Waals surface area contributed by atoms with Crippen LogP contribution in [0.25, 0.3) is 10.9 Å². The van der Waals surface area contributed by atoms with E-state index in [1.54, 1.807) is 6.92 Å². The molecule has 3 aromatic rings. The van der Waals surface area contributed by atoms with Gasteiger partial charge in [-0.1, -0.05) is 18.2 Å². The highest BCUT2D eigenvalue weighted by Crippen LogP contribution is 2.22. The quantitative estimate of drug-likeness (QED) is 0.332. The first-order chi connectivity index (χ1) is 12.0. The van der Waals surface area contributed by atoms with Crippen molar-refractivity contribution in [1.29, 1.82) is 0 Å². The van der Waals surface area contributed by atoms with Crippen molar-refractivity contribution in [3.63, 3.8) is 0 Å². The highest BCUT2D eigenvalue weighted by Gasteiger charge is 2.18. The molecular formula is C18H14N2O5. The summed E-state index contributed by atoms with van der Waals surface area (Å²) in [4.78, 5) is 37.6. The number of carbonyl (C=O) groups excluding carboxylic acids is 2. The van der Waals surface area contributed by atoms with Crippen LogP contribution in [0, 0.1) is 17.0 Å². The lowest BCUT2D eigenvalue weighted by molar-refractivity contribution is -0.384. The third-order valence-corrected chi connectivity index (χ3v) is 3.82. The Morgan fingerprint density at radius 2 is 1.80 bits per heavy atom. The van der Waals surface area contributed by atoms with Gasteiger partial charge in [0.1, 0.15) is 0 Å². The zero-order chi connectivity index (χ0) is 18.0. The van der Waals surface area contributed by atoms with E-state index >= 15 is 0 Å². The van der Waals surface area contributed by atoms with E-state index in [-0.39, 0.29) is 17.0 Å². The van der Waals surface area contributed by atoms with E-state index in [1.165, 1.54) is 24.3 Å². The molecule has 0 unspecified atom stereocenters. The normalized spacial score (nSPS) is 10.6. The van der Waals surface area contributed by atoms with Gasteiger partial charge in [0, 0.05) is 34.3 Å². The molecule has 1 N–H and O–H groups in total. The highest BCUT2D eigenvalue weighted by molar-refractivity contribution is 6.10. The number of non-ortho nitro benzene ring substituents is 1. The molecule has 1 heterocycles. The number of ether oxygens (including phenoxy) is 1. The summed E-state index contributed by atoms with van der Waals surface area (Å²) >= 11 is 0. The summed E-state index contributed by atoms with van der Waals surface area (Å²) in [5, 5.41) is 11.4. The van der Waals surface area contributed by atoms with Crippen LogP contribution in [0.3, 0.4) is 0 Å². The van der Waals surface area contributed by atoms with Crippen LogP contribution in [0.2, 0.25) is 0 Å². The third-order valence-electron chi connectivity index (χ3n) is 3.82. The Labute approximate surface area is 142 Å². The summed E-state index contributed by atoms with van der Waals surface area (Å²) in [6.45, 7) is 1.38. The molecule has 0 fully saturated rings. The Balaban J connectivity index is 1.72. The van der Waals surface area contributed by atoms with Crippen molar-refractivity contribution in [2.75, 3.05) is 6.61 Å². The minimum atomic E-state index is -0.708. The van der Waals surface area contributed by atoms with Crippen LogP contribution in [0.1, 0.15) is 26.4 Å². The molecule has 126 valence electrons. The van der Waals surface area contributed by atoms with Gasteiger partial charge in [0.15, 0.2) is 6.61 Å². The minimum absolute atomic E-state index is 0.123. The molecule has 2 aromatic carbocycles. The van der Waals surface area contributed by atoms with Crippen LogP contribution >= 0.6 is 0 Å². The maximum atomic E-state index is 12.4. The lowest BCUT2D eigenvalue weighted by atomic mass is 10.1. The lowest BCUT2D eigenvalue weighted by Gasteiger charge is -2.05. The summed E-state index contributed by atoms with van der Waals surface area (Å²) in [5.41, 5.74) is 2.06. The number of nitro benzene ring substituents is 1. The van der Waals surface area contributed by atoms with E-state index in [0.717, 1.165) is 10.9 Å². The summed E-state index contributed by atoms with van der Waals surface area (Å²) in [7, 11) is 0. The summed E-state index contributed by atoms with van der Waals surface area (Å²) in [6.07, 6.45) is 0. The van der Waals surface area contributed by atoms with E-state index < -0.39 is 17.5 Å². The predicted molar refractivity (Wildman–Crippen MR) is 90.7 cm³/mol. The second-order valence-electron chi connectivity index (χ2n) is 5.47. The molecular weight excluding hydrogens is 324 g/mol. The fraction of sp³-hybridized carbons (Fsp3) is 0.111. The zero-order valence-electron chi connectivity index (χ0n) is 13.3. The molecule has 0 amide bonds. The molecule has 0 atom stereocenters. The fourth-order valence-electron chi connectivity index (χ4n) is 2.64. The number of rotatable bonds is 5. The Bertz CT molecular complexity index is 973. The van der Waals surface area contributed by atoms with Crippen molar-refractivity contribution in [2.24, 2.45) is 0 Å². The lowest BCUT2D eigenvalue weighted by Crippen LogP contribution is -2.14. The number of para-hydroxylation sites is 1. The summed E-state index contributed by atoms with van der Waals surface area (Å²) in [6, 6.07) is 12.4.